The average Bonchev–Trinajstić information content (AvgIpc) is 3.30. The molecule has 1 amide bonds. The minimum Gasteiger partial charge on any atom is -0.474 e. The van der Waals surface area contributed by atoms with Crippen molar-refractivity contribution >= 4 is 52.2 Å². The molecular weight excluding hydrogens is 506 g/mol. The summed E-state index contributed by atoms with van der Waals surface area (Å²) in [6, 6.07) is 11.4. The summed E-state index contributed by atoms with van der Waals surface area (Å²) in [5.41, 5.74) is 2.51. The molecule has 5 rings (SSSR count). The van der Waals surface area contributed by atoms with Crippen LogP contribution in [0.25, 0.3) is 10.9 Å². The Labute approximate surface area is 225 Å². The number of benzene rings is 1. The summed E-state index contributed by atoms with van der Waals surface area (Å²) in [5.74, 6) is 2.39. The normalized spacial score (nSPS) is 13.2. The van der Waals surface area contributed by atoms with Gasteiger partial charge in [0.05, 0.1) is 5.52 Å². The largest absolute Gasteiger partial charge is 0.474 e. The van der Waals surface area contributed by atoms with E-state index in [1.54, 1.807) is 12.3 Å². The van der Waals surface area contributed by atoms with Gasteiger partial charge in [-0.3, -0.25) is 9.89 Å². The fourth-order valence-electron chi connectivity index (χ4n) is 3.70. The molecule has 1 aromatic carbocycles. The number of fused-ring (bicyclic) bond motifs is 1. The van der Waals surface area contributed by atoms with Gasteiger partial charge in [-0.05, 0) is 57.1 Å². The van der Waals surface area contributed by atoms with E-state index in [1.807, 2.05) is 43.3 Å². The quantitative estimate of drug-likeness (QED) is 0.121. The lowest BCUT2D eigenvalue weighted by atomic mass is 10.1. The van der Waals surface area contributed by atoms with Crippen LogP contribution in [0.15, 0.2) is 55.3 Å². The van der Waals surface area contributed by atoms with Crippen molar-refractivity contribution in [2.45, 2.75) is 25.9 Å². The number of piperidine rings is 1. The Hall–Kier alpha value is -4.22. The predicted octanol–water partition coefficient (Wildman–Crippen LogP) is 4.25. The van der Waals surface area contributed by atoms with Crippen LogP contribution in [0.2, 0.25) is 5.15 Å². The highest BCUT2D eigenvalue weighted by atomic mass is 35.5. The number of aromatic amines is 1. The first-order valence-corrected chi connectivity index (χ1v) is 12.6. The number of hydrogen-bond acceptors (Lipinski definition) is 9. The highest BCUT2D eigenvalue weighted by Crippen LogP contribution is 2.26. The van der Waals surface area contributed by atoms with Gasteiger partial charge < -0.3 is 26.0 Å². The number of anilines is 4. The molecule has 5 N–H and O–H groups in total. The number of carbonyl (C=O) groups is 1. The molecule has 3 aromatic heterocycles. The van der Waals surface area contributed by atoms with Crippen molar-refractivity contribution in [3.05, 3.63) is 66.0 Å². The van der Waals surface area contributed by atoms with Crippen LogP contribution in [-0.4, -0.2) is 57.3 Å². The molecule has 0 unspecified atom stereocenters. The number of halogens is 1. The Morgan fingerprint density at radius 2 is 2.03 bits per heavy atom. The number of H-pyrrole nitrogens is 1. The monoisotopic (exact) mass is 535 g/mol. The summed E-state index contributed by atoms with van der Waals surface area (Å²) < 4.78 is 6.05. The van der Waals surface area contributed by atoms with Gasteiger partial charge in [0.15, 0.2) is 0 Å². The summed E-state index contributed by atoms with van der Waals surface area (Å²) in [4.78, 5) is 23.0. The lowest BCUT2D eigenvalue weighted by molar-refractivity contribution is -0.109. The standard InChI is InChI=1S/C22H23ClN8O.C4H7NO/c1-13-12-25-22(26-14-5-6-17-16(11-14)20(23)31-30-17)29-21(13)28-18-3-2-4-19(27-18)32-15-7-9-24-10-8-15;1-2-3-5-4-6/h2-6,11-12,15,24H,7-10H2,1H3,(H,30,31)(H2,25,26,27,28,29);2,4H,1,3H2,(H,5,6). The number of aryl methyl sites for hydroxylation is 1. The zero-order valence-electron chi connectivity index (χ0n) is 21.0. The van der Waals surface area contributed by atoms with E-state index in [0.29, 0.717) is 41.6 Å². The molecule has 12 heteroatoms. The first-order valence-electron chi connectivity index (χ1n) is 12.2. The van der Waals surface area contributed by atoms with E-state index in [2.05, 4.69) is 53.0 Å². The third-order valence-electron chi connectivity index (χ3n) is 5.62. The van der Waals surface area contributed by atoms with E-state index < -0.39 is 0 Å². The highest BCUT2D eigenvalue weighted by molar-refractivity contribution is 6.34. The molecule has 0 saturated carbocycles. The molecular formula is C26H30ClN9O2. The van der Waals surface area contributed by atoms with Gasteiger partial charge in [-0.1, -0.05) is 23.7 Å². The van der Waals surface area contributed by atoms with Gasteiger partial charge in [-0.2, -0.15) is 15.1 Å². The van der Waals surface area contributed by atoms with Crippen LogP contribution >= 0.6 is 11.6 Å². The number of rotatable bonds is 9. The fourth-order valence-corrected chi connectivity index (χ4v) is 3.90. The van der Waals surface area contributed by atoms with Crippen LogP contribution in [0.3, 0.4) is 0 Å². The van der Waals surface area contributed by atoms with Gasteiger partial charge in [-0.25, -0.2) is 4.98 Å². The molecule has 1 fully saturated rings. The zero-order chi connectivity index (χ0) is 26.7. The SMILES string of the molecule is C=CCNC=O.Cc1cnc(Nc2ccc3n[nH]c(Cl)c3c2)nc1Nc1cccc(OC2CCNCC2)n1. The highest BCUT2D eigenvalue weighted by Gasteiger charge is 2.15. The van der Waals surface area contributed by atoms with Gasteiger partial charge >= 0.3 is 0 Å². The molecule has 1 aliphatic heterocycles. The maximum atomic E-state index is 9.40. The lowest BCUT2D eigenvalue weighted by Gasteiger charge is -2.23. The fraction of sp³-hybridized carbons (Fsp3) is 0.269. The first-order chi connectivity index (χ1) is 18.6. The molecule has 0 aliphatic carbocycles. The maximum absolute atomic E-state index is 9.40. The molecule has 0 atom stereocenters. The van der Waals surface area contributed by atoms with Crippen molar-refractivity contribution in [1.29, 1.82) is 0 Å². The van der Waals surface area contributed by atoms with Crippen LogP contribution in [0.5, 0.6) is 5.88 Å². The summed E-state index contributed by atoms with van der Waals surface area (Å²) >= 11 is 6.15. The summed E-state index contributed by atoms with van der Waals surface area (Å²) in [5, 5.41) is 20.5. The second-order valence-corrected chi connectivity index (χ2v) is 8.87. The number of nitrogens with one attached hydrogen (secondary N) is 5. The number of carbonyl (C=O) groups excluding carboxylic acids is 1. The lowest BCUT2D eigenvalue weighted by Crippen LogP contribution is -2.34. The number of aromatic nitrogens is 5. The van der Waals surface area contributed by atoms with E-state index >= 15 is 0 Å². The van der Waals surface area contributed by atoms with Crippen molar-refractivity contribution in [2.75, 3.05) is 30.3 Å². The molecule has 198 valence electrons. The van der Waals surface area contributed by atoms with Crippen molar-refractivity contribution in [2.24, 2.45) is 0 Å². The van der Waals surface area contributed by atoms with Crippen molar-refractivity contribution < 1.29 is 9.53 Å². The molecule has 0 bridgehead atoms. The van der Waals surface area contributed by atoms with Gasteiger partial charge in [0.1, 0.15) is 22.9 Å². The molecule has 1 saturated heterocycles. The molecule has 0 radical (unpaired) electrons. The molecule has 38 heavy (non-hydrogen) atoms. The van der Waals surface area contributed by atoms with E-state index in [9.17, 15) is 4.79 Å². The Balaban J connectivity index is 0.000000505. The van der Waals surface area contributed by atoms with Gasteiger partial charge in [-0.15, -0.1) is 6.58 Å². The van der Waals surface area contributed by atoms with E-state index in [-0.39, 0.29) is 6.10 Å². The Bertz CT molecular complexity index is 1360. The summed E-state index contributed by atoms with van der Waals surface area (Å²) in [7, 11) is 0. The smallest absolute Gasteiger partial charge is 0.229 e. The maximum Gasteiger partial charge on any atom is 0.229 e. The minimum atomic E-state index is 0.191. The van der Waals surface area contributed by atoms with Crippen molar-refractivity contribution in [3.8, 4) is 5.88 Å². The van der Waals surface area contributed by atoms with Gasteiger partial charge in [0, 0.05) is 35.4 Å². The third-order valence-corrected chi connectivity index (χ3v) is 5.91. The Morgan fingerprint density at radius 1 is 1.18 bits per heavy atom. The average molecular weight is 536 g/mol. The van der Waals surface area contributed by atoms with Crippen molar-refractivity contribution in [1.82, 2.24) is 35.8 Å². The minimum absolute atomic E-state index is 0.191. The Kier molecular flexibility index (Phi) is 9.43. The Morgan fingerprint density at radius 3 is 2.79 bits per heavy atom. The predicted molar refractivity (Wildman–Crippen MR) is 149 cm³/mol. The third kappa shape index (κ3) is 7.40. The molecule has 4 heterocycles. The van der Waals surface area contributed by atoms with Crippen LogP contribution in [0, 0.1) is 6.92 Å². The number of ether oxygens (including phenoxy) is 1. The van der Waals surface area contributed by atoms with Crippen LogP contribution in [-0.2, 0) is 4.79 Å². The number of nitrogens with zero attached hydrogens (tertiary/aromatic N) is 4. The van der Waals surface area contributed by atoms with Crippen molar-refractivity contribution in [3.63, 3.8) is 0 Å². The van der Waals surface area contributed by atoms with E-state index in [0.717, 1.165) is 48.1 Å². The summed E-state index contributed by atoms with van der Waals surface area (Å²) in [6.07, 6.45) is 6.17. The number of hydrogen-bond donors (Lipinski definition) is 5. The van der Waals surface area contributed by atoms with Crippen LogP contribution < -0.4 is 26.0 Å². The van der Waals surface area contributed by atoms with E-state index in [1.165, 1.54) is 0 Å². The first kappa shape index (κ1) is 26.8. The van der Waals surface area contributed by atoms with Crippen LogP contribution in [0.1, 0.15) is 18.4 Å². The summed E-state index contributed by atoms with van der Waals surface area (Å²) in [6.45, 7) is 7.82. The van der Waals surface area contributed by atoms with E-state index in [4.69, 9.17) is 16.3 Å². The zero-order valence-corrected chi connectivity index (χ0v) is 21.8. The molecule has 11 nitrogen and oxygen atoms in total. The second kappa shape index (κ2) is 13.4. The second-order valence-electron chi connectivity index (χ2n) is 8.49. The number of pyridine rings is 1. The van der Waals surface area contributed by atoms with Crippen LogP contribution in [0.4, 0.5) is 23.3 Å². The topological polar surface area (TPSA) is 142 Å². The number of amides is 1. The molecule has 4 aromatic rings. The van der Waals surface area contributed by atoms with Gasteiger partial charge in [0.2, 0.25) is 18.2 Å². The van der Waals surface area contributed by atoms with Gasteiger partial charge in [0.25, 0.3) is 0 Å². The molecule has 1 aliphatic rings. The molecule has 0 spiro atoms.